The molecule has 6 unspecified atom stereocenters. The van der Waals surface area contributed by atoms with E-state index in [2.05, 4.69) is 39.8 Å². The standard InChI is InChI=1S/C29H38O4/c1-16-17-8-9-20-26(4,18(17)14-19(30)22(16)31)10-12-29(7)21-15-25(2,3)23(32)24(33)27(21,5)11-13-28(20,29)6/h8-9,14,21,24,31,33H,10-13,15H2,1-7H3. The number of fused-ring (bicyclic) bond motifs is 7. The first-order chi connectivity index (χ1) is 15.1. The summed E-state index contributed by atoms with van der Waals surface area (Å²) in [6, 6.07) is 0. The van der Waals surface area contributed by atoms with Crippen LogP contribution in [0.15, 0.2) is 46.3 Å². The van der Waals surface area contributed by atoms with Crippen LogP contribution in [-0.2, 0) is 9.59 Å². The van der Waals surface area contributed by atoms with Crippen LogP contribution < -0.4 is 0 Å². The molecule has 178 valence electrons. The molecule has 5 rings (SSSR count). The van der Waals surface area contributed by atoms with Gasteiger partial charge in [0, 0.05) is 21.8 Å². The minimum atomic E-state index is -0.915. The van der Waals surface area contributed by atoms with Crippen molar-refractivity contribution in [2.75, 3.05) is 0 Å². The fourth-order valence-electron chi connectivity index (χ4n) is 8.58. The van der Waals surface area contributed by atoms with E-state index < -0.39 is 16.9 Å². The van der Waals surface area contributed by atoms with Gasteiger partial charge in [-0.05, 0) is 73.0 Å². The van der Waals surface area contributed by atoms with Gasteiger partial charge < -0.3 is 10.2 Å². The van der Waals surface area contributed by atoms with E-state index in [4.69, 9.17) is 0 Å². The number of allylic oxidation sites excluding steroid dienone is 7. The molecule has 0 radical (unpaired) electrons. The van der Waals surface area contributed by atoms with Crippen molar-refractivity contribution in [1.82, 2.24) is 0 Å². The topological polar surface area (TPSA) is 74.6 Å². The molecule has 3 saturated carbocycles. The van der Waals surface area contributed by atoms with Crippen LogP contribution in [-0.4, -0.2) is 27.9 Å². The normalized spacial score (nSPS) is 46.4. The number of aliphatic hydroxyl groups is 2. The Hall–Kier alpha value is -1.94. The zero-order valence-electron chi connectivity index (χ0n) is 21.1. The lowest BCUT2D eigenvalue weighted by Crippen LogP contribution is -2.66. The highest BCUT2D eigenvalue weighted by Gasteiger charge is 2.69. The third-order valence-electron chi connectivity index (χ3n) is 11.1. The molecule has 0 spiro atoms. The molecule has 0 amide bonds. The predicted molar refractivity (Wildman–Crippen MR) is 128 cm³/mol. The minimum Gasteiger partial charge on any atom is -0.504 e. The van der Waals surface area contributed by atoms with Crippen molar-refractivity contribution in [2.45, 2.75) is 86.7 Å². The molecule has 5 aliphatic rings. The van der Waals surface area contributed by atoms with Crippen LogP contribution in [0, 0.1) is 33.0 Å². The molecule has 4 heteroatoms. The van der Waals surface area contributed by atoms with Gasteiger partial charge in [0.15, 0.2) is 11.5 Å². The van der Waals surface area contributed by atoms with E-state index >= 15 is 0 Å². The summed E-state index contributed by atoms with van der Waals surface area (Å²) in [4.78, 5) is 25.6. The lowest BCUT2D eigenvalue weighted by atomic mass is 9.34. The summed E-state index contributed by atoms with van der Waals surface area (Å²) in [6.45, 7) is 15.0. The lowest BCUT2D eigenvalue weighted by Gasteiger charge is -2.70. The Balaban J connectivity index is 1.67. The average Bonchev–Trinajstić information content (AvgIpc) is 2.75. The highest BCUT2D eigenvalue weighted by atomic mass is 16.3. The van der Waals surface area contributed by atoms with Gasteiger partial charge >= 0.3 is 0 Å². The zero-order valence-corrected chi connectivity index (χ0v) is 21.1. The van der Waals surface area contributed by atoms with Gasteiger partial charge in [-0.25, -0.2) is 0 Å². The molecule has 3 fully saturated rings. The molecule has 0 heterocycles. The Morgan fingerprint density at radius 2 is 1.61 bits per heavy atom. The van der Waals surface area contributed by atoms with Gasteiger partial charge in [-0.1, -0.05) is 59.3 Å². The van der Waals surface area contributed by atoms with Crippen LogP contribution in [0.25, 0.3) is 0 Å². The molecule has 6 atom stereocenters. The summed E-state index contributed by atoms with van der Waals surface area (Å²) in [6.07, 6.45) is 9.50. The summed E-state index contributed by atoms with van der Waals surface area (Å²) in [5, 5.41) is 21.5. The Bertz CT molecular complexity index is 1120. The van der Waals surface area contributed by atoms with Crippen molar-refractivity contribution >= 4 is 11.6 Å². The number of hydrogen-bond acceptors (Lipinski definition) is 4. The Morgan fingerprint density at radius 3 is 2.27 bits per heavy atom. The maximum atomic E-state index is 13.0. The van der Waals surface area contributed by atoms with Crippen molar-refractivity contribution in [2.24, 2.45) is 33.0 Å². The number of ketones is 2. The minimum absolute atomic E-state index is 0.00787. The van der Waals surface area contributed by atoms with Gasteiger partial charge in [0.25, 0.3) is 0 Å². The molecule has 0 saturated heterocycles. The summed E-state index contributed by atoms with van der Waals surface area (Å²) in [5.41, 5.74) is 2.68. The molecular formula is C29H38O4. The van der Waals surface area contributed by atoms with Gasteiger partial charge in [-0.2, -0.15) is 0 Å². The quantitative estimate of drug-likeness (QED) is 0.490. The lowest BCUT2D eigenvalue weighted by molar-refractivity contribution is -0.201. The van der Waals surface area contributed by atoms with E-state index in [0.717, 1.165) is 43.3 Å². The van der Waals surface area contributed by atoms with Crippen molar-refractivity contribution in [3.05, 3.63) is 46.3 Å². The second-order valence-electron chi connectivity index (χ2n) is 13.1. The van der Waals surface area contributed by atoms with Crippen LogP contribution in [0.3, 0.4) is 0 Å². The van der Waals surface area contributed by atoms with Gasteiger partial charge in [0.2, 0.25) is 5.78 Å². The van der Waals surface area contributed by atoms with Crippen molar-refractivity contribution in [1.29, 1.82) is 0 Å². The maximum Gasteiger partial charge on any atom is 0.220 e. The van der Waals surface area contributed by atoms with Crippen LogP contribution >= 0.6 is 0 Å². The van der Waals surface area contributed by atoms with E-state index in [-0.39, 0.29) is 39.5 Å². The number of carbonyl (C=O) groups excluding carboxylic acids is 2. The highest BCUT2D eigenvalue weighted by Crippen LogP contribution is 2.75. The van der Waals surface area contributed by atoms with E-state index in [1.165, 1.54) is 5.57 Å². The fraction of sp³-hybridized carbons (Fsp3) is 0.655. The number of Topliss-reactive ketones (excluding diaryl/α,β-unsaturated/α-hetero) is 1. The summed E-state index contributed by atoms with van der Waals surface area (Å²) in [7, 11) is 0. The second-order valence-corrected chi connectivity index (χ2v) is 13.1. The monoisotopic (exact) mass is 450 g/mol. The summed E-state index contributed by atoms with van der Waals surface area (Å²) >= 11 is 0. The SMILES string of the molecule is CC1=C(O)C(=O)C=C2C1=CC=C1C2(C)CCC2(C)C3CC(C)(C)C(=O)C(O)C3(C)CCC12C. The third-order valence-corrected chi connectivity index (χ3v) is 11.1. The number of carbonyl (C=O) groups is 2. The van der Waals surface area contributed by atoms with E-state index in [1.54, 1.807) is 6.08 Å². The smallest absolute Gasteiger partial charge is 0.220 e. The Kier molecular flexibility index (Phi) is 4.42. The van der Waals surface area contributed by atoms with E-state index in [9.17, 15) is 19.8 Å². The number of aliphatic hydroxyl groups excluding tert-OH is 2. The highest BCUT2D eigenvalue weighted by molar-refractivity contribution is 6.06. The zero-order chi connectivity index (χ0) is 24.4. The number of rotatable bonds is 0. The second kappa shape index (κ2) is 6.38. The third kappa shape index (κ3) is 2.51. The van der Waals surface area contributed by atoms with Crippen molar-refractivity contribution in [3.63, 3.8) is 0 Å². The van der Waals surface area contributed by atoms with Crippen molar-refractivity contribution < 1.29 is 19.8 Å². The van der Waals surface area contributed by atoms with Gasteiger partial charge in [-0.15, -0.1) is 0 Å². The molecular weight excluding hydrogens is 412 g/mol. The predicted octanol–water partition coefficient (Wildman–Crippen LogP) is 5.78. The maximum absolute atomic E-state index is 13.0. The van der Waals surface area contributed by atoms with Crippen LogP contribution in [0.4, 0.5) is 0 Å². The fourth-order valence-corrected chi connectivity index (χ4v) is 8.58. The van der Waals surface area contributed by atoms with Crippen LogP contribution in [0.1, 0.15) is 80.6 Å². The molecule has 33 heavy (non-hydrogen) atoms. The van der Waals surface area contributed by atoms with Gasteiger partial charge in [0.1, 0.15) is 6.10 Å². The molecule has 2 N–H and O–H groups in total. The van der Waals surface area contributed by atoms with Crippen LogP contribution in [0.5, 0.6) is 0 Å². The van der Waals surface area contributed by atoms with Gasteiger partial charge in [-0.3, -0.25) is 9.59 Å². The summed E-state index contributed by atoms with van der Waals surface area (Å²) < 4.78 is 0. The first kappa shape index (κ1) is 22.8. The first-order valence-corrected chi connectivity index (χ1v) is 12.5. The van der Waals surface area contributed by atoms with Crippen LogP contribution in [0.2, 0.25) is 0 Å². The average molecular weight is 451 g/mol. The molecule has 0 aromatic heterocycles. The Labute approximate surface area is 197 Å². The number of hydrogen-bond donors (Lipinski definition) is 2. The van der Waals surface area contributed by atoms with E-state index in [0.29, 0.717) is 5.57 Å². The molecule has 4 nitrogen and oxygen atoms in total. The molecule has 0 aromatic carbocycles. The molecule has 5 aliphatic carbocycles. The van der Waals surface area contributed by atoms with E-state index in [1.807, 2.05) is 20.8 Å². The molecule has 0 bridgehead atoms. The largest absolute Gasteiger partial charge is 0.504 e. The van der Waals surface area contributed by atoms with Gasteiger partial charge in [0.05, 0.1) is 0 Å². The van der Waals surface area contributed by atoms with Crippen molar-refractivity contribution in [3.8, 4) is 0 Å². The summed E-state index contributed by atoms with van der Waals surface area (Å²) in [5.74, 6) is -0.220. The first-order valence-electron chi connectivity index (χ1n) is 12.5. The molecule has 0 aliphatic heterocycles. The Morgan fingerprint density at radius 1 is 0.939 bits per heavy atom. The molecule has 0 aromatic rings.